The van der Waals surface area contributed by atoms with E-state index in [0.29, 0.717) is 0 Å². The van der Waals surface area contributed by atoms with Gasteiger partial charge in [0.2, 0.25) is 0 Å². The van der Waals surface area contributed by atoms with Gasteiger partial charge in [0.1, 0.15) is 0 Å². The zero-order valence-electron chi connectivity index (χ0n) is 31.3. The minimum atomic E-state index is 1.13. The number of thiophene rings is 2. The van der Waals surface area contributed by atoms with E-state index in [-0.39, 0.29) is 0 Å². The Kier molecular flexibility index (Phi) is 7.62. The van der Waals surface area contributed by atoms with Crippen LogP contribution in [0, 0.1) is 0 Å². The predicted octanol–water partition coefficient (Wildman–Crippen LogP) is 16.3. The van der Waals surface area contributed by atoms with Crippen LogP contribution in [0.25, 0.3) is 90.1 Å². The molecule has 0 aliphatic rings. The molecule has 0 spiro atoms. The van der Waals surface area contributed by atoms with Crippen molar-refractivity contribution in [2.24, 2.45) is 0 Å². The Morgan fingerprint density at radius 3 is 1.29 bits per heavy atom. The Labute approximate surface area is 343 Å². The first-order valence-electron chi connectivity index (χ1n) is 19.7. The van der Waals surface area contributed by atoms with E-state index in [9.17, 15) is 0 Å². The van der Waals surface area contributed by atoms with Gasteiger partial charge in [-0.25, -0.2) is 0 Å². The lowest BCUT2D eigenvalue weighted by Gasteiger charge is -2.26. The molecule has 3 aromatic heterocycles. The molecule has 58 heavy (non-hydrogen) atoms. The quantitative estimate of drug-likeness (QED) is 0.163. The predicted molar refractivity (Wildman–Crippen MR) is 252 cm³/mol. The third-order valence-electron chi connectivity index (χ3n) is 11.6. The van der Waals surface area contributed by atoms with Gasteiger partial charge in [-0.15, -0.1) is 22.7 Å². The van der Waals surface area contributed by atoms with Crippen molar-refractivity contribution in [1.82, 2.24) is 4.57 Å². The molecule has 0 fully saturated rings. The maximum absolute atomic E-state index is 2.41. The molecule has 0 N–H and O–H groups in total. The molecular formula is C54H34N2S2. The van der Waals surface area contributed by atoms with E-state index < -0.39 is 0 Å². The summed E-state index contributed by atoms with van der Waals surface area (Å²) in [6.45, 7) is 0. The molecule has 3 heterocycles. The second-order valence-electron chi connectivity index (χ2n) is 14.9. The molecule has 0 saturated carbocycles. The fourth-order valence-corrected chi connectivity index (χ4v) is 11.2. The normalized spacial score (nSPS) is 11.8. The van der Waals surface area contributed by atoms with Crippen molar-refractivity contribution >= 4 is 102 Å². The smallest absolute Gasteiger partial charge is 0.0541 e. The third kappa shape index (κ3) is 5.30. The molecule has 0 bridgehead atoms. The van der Waals surface area contributed by atoms with Crippen LogP contribution in [0.15, 0.2) is 206 Å². The summed E-state index contributed by atoms with van der Waals surface area (Å²) < 4.78 is 7.64. The first kappa shape index (κ1) is 33.2. The van der Waals surface area contributed by atoms with Crippen LogP contribution in [0.4, 0.5) is 17.1 Å². The standard InChI is InChI=1S/C54H34N2S2/c1-6-16-48(56-49-17-7-2-12-42(49)43-13-3-8-18-50(43)56)41(11-1)37-23-21-35(22-24-37)36-25-27-38(28-26-36)55(39-29-31-46-44-14-4-9-19-51(44)57-53(46)33-39)40-30-32-47-45-15-5-10-20-52(45)58-54(47)34-40/h1-34H. The van der Waals surface area contributed by atoms with Crippen molar-refractivity contribution in [3.63, 3.8) is 0 Å². The highest BCUT2D eigenvalue weighted by molar-refractivity contribution is 7.26. The molecule has 2 nitrogen and oxygen atoms in total. The second-order valence-corrected chi connectivity index (χ2v) is 17.1. The first-order valence-corrected chi connectivity index (χ1v) is 21.3. The van der Waals surface area contributed by atoms with Crippen molar-refractivity contribution in [3.8, 4) is 27.9 Å². The Hall–Kier alpha value is -6.98. The average molecular weight is 775 g/mol. The maximum Gasteiger partial charge on any atom is 0.0541 e. The van der Waals surface area contributed by atoms with Crippen LogP contribution in [-0.4, -0.2) is 4.57 Å². The molecule has 0 atom stereocenters. The van der Waals surface area contributed by atoms with Crippen molar-refractivity contribution < 1.29 is 0 Å². The number of nitrogens with zero attached hydrogens (tertiary/aromatic N) is 2. The summed E-state index contributed by atoms with van der Waals surface area (Å²) in [5.41, 5.74) is 11.8. The molecule has 9 aromatic carbocycles. The number of aromatic nitrogens is 1. The summed E-state index contributed by atoms with van der Waals surface area (Å²) in [5, 5.41) is 7.79. The topological polar surface area (TPSA) is 8.17 Å². The number of rotatable bonds is 6. The molecule has 0 amide bonds. The van der Waals surface area contributed by atoms with Gasteiger partial charge in [-0.2, -0.15) is 0 Å². The van der Waals surface area contributed by atoms with E-state index in [2.05, 4.69) is 216 Å². The van der Waals surface area contributed by atoms with E-state index in [1.54, 1.807) is 0 Å². The van der Waals surface area contributed by atoms with Crippen LogP contribution in [0.1, 0.15) is 0 Å². The summed E-state index contributed by atoms with van der Waals surface area (Å²) in [6, 6.07) is 75.6. The zero-order valence-corrected chi connectivity index (χ0v) is 33.0. The number of hydrogen-bond donors (Lipinski definition) is 0. The lowest BCUT2D eigenvalue weighted by atomic mass is 9.98. The van der Waals surface area contributed by atoms with Crippen molar-refractivity contribution in [1.29, 1.82) is 0 Å². The number of benzene rings is 9. The molecule has 12 rings (SSSR count). The molecule has 0 unspecified atom stereocenters. The Bertz CT molecular complexity index is 3350. The van der Waals surface area contributed by atoms with E-state index >= 15 is 0 Å². The van der Waals surface area contributed by atoms with Gasteiger partial charge >= 0.3 is 0 Å². The minimum Gasteiger partial charge on any atom is -0.310 e. The van der Waals surface area contributed by atoms with E-state index in [4.69, 9.17) is 0 Å². The fourth-order valence-electron chi connectivity index (χ4n) is 8.89. The number of anilines is 3. The second kappa shape index (κ2) is 13.3. The van der Waals surface area contributed by atoms with E-state index in [1.807, 2.05) is 22.7 Å². The number of para-hydroxylation sites is 3. The largest absolute Gasteiger partial charge is 0.310 e. The molecule has 0 aliphatic carbocycles. The lowest BCUT2D eigenvalue weighted by molar-refractivity contribution is 1.18. The lowest BCUT2D eigenvalue weighted by Crippen LogP contribution is -2.09. The van der Waals surface area contributed by atoms with Crippen LogP contribution < -0.4 is 4.90 Å². The highest BCUT2D eigenvalue weighted by atomic mass is 32.1. The Morgan fingerprint density at radius 1 is 0.310 bits per heavy atom. The highest BCUT2D eigenvalue weighted by Crippen LogP contribution is 2.44. The first-order chi connectivity index (χ1) is 28.7. The monoisotopic (exact) mass is 774 g/mol. The summed E-state index contributed by atoms with van der Waals surface area (Å²) >= 11 is 3.73. The van der Waals surface area contributed by atoms with Gasteiger partial charge in [0.25, 0.3) is 0 Å². The Morgan fingerprint density at radius 2 is 0.724 bits per heavy atom. The van der Waals surface area contributed by atoms with Gasteiger partial charge < -0.3 is 9.47 Å². The van der Waals surface area contributed by atoms with E-state index in [1.165, 1.54) is 90.1 Å². The van der Waals surface area contributed by atoms with Crippen LogP contribution in [0.5, 0.6) is 0 Å². The van der Waals surface area contributed by atoms with Gasteiger partial charge in [0, 0.05) is 73.7 Å². The Balaban J connectivity index is 0.924. The zero-order chi connectivity index (χ0) is 38.2. The van der Waals surface area contributed by atoms with Crippen molar-refractivity contribution in [2.75, 3.05) is 4.90 Å². The van der Waals surface area contributed by atoms with E-state index in [0.717, 1.165) is 17.1 Å². The molecular weight excluding hydrogens is 741 g/mol. The summed E-state index contributed by atoms with van der Waals surface area (Å²) in [5.74, 6) is 0. The highest BCUT2D eigenvalue weighted by Gasteiger charge is 2.18. The molecule has 4 heteroatoms. The van der Waals surface area contributed by atoms with Crippen LogP contribution in [0.2, 0.25) is 0 Å². The van der Waals surface area contributed by atoms with Gasteiger partial charge in [-0.05, 0) is 83.4 Å². The third-order valence-corrected chi connectivity index (χ3v) is 13.9. The van der Waals surface area contributed by atoms with Crippen molar-refractivity contribution in [2.45, 2.75) is 0 Å². The molecule has 12 aromatic rings. The fraction of sp³-hybridized carbons (Fsp3) is 0. The maximum atomic E-state index is 2.41. The number of fused-ring (bicyclic) bond motifs is 9. The SMILES string of the molecule is c1ccc(-n2c3ccccc3c3ccccc32)c(-c2ccc(-c3ccc(N(c4ccc5c(c4)sc4ccccc45)c4ccc5c(c4)sc4ccccc45)cc3)cc2)c1. The molecule has 0 saturated heterocycles. The molecule has 0 aliphatic heterocycles. The molecule has 0 radical (unpaired) electrons. The molecule has 272 valence electrons. The van der Waals surface area contributed by atoms with Gasteiger partial charge in [0.05, 0.1) is 16.7 Å². The van der Waals surface area contributed by atoms with Gasteiger partial charge in [-0.1, -0.05) is 140 Å². The summed E-state index contributed by atoms with van der Waals surface area (Å²) in [7, 11) is 0. The number of hydrogen-bond acceptors (Lipinski definition) is 3. The average Bonchev–Trinajstić information content (AvgIpc) is 3.96. The van der Waals surface area contributed by atoms with Gasteiger partial charge in [-0.3, -0.25) is 0 Å². The summed E-state index contributed by atoms with van der Waals surface area (Å²) in [6.07, 6.45) is 0. The van der Waals surface area contributed by atoms with Crippen LogP contribution in [0.3, 0.4) is 0 Å². The van der Waals surface area contributed by atoms with Crippen LogP contribution >= 0.6 is 22.7 Å². The van der Waals surface area contributed by atoms with Gasteiger partial charge in [0.15, 0.2) is 0 Å². The summed E-state index contributed by atoms with van der Waals surface area (Å²) in [4.78, 5) is 2.41. The van der Waals surface area contributed by atoms with Crippen LogP contribution in [-0.2, 0) is 0 Å². The van der Waals surface area contributed by atoms with Crippen molar-refractivity contribution in [3.05, 3.63) is 206 Å². The minimum absolute atomic E-state index is 1.13.